The number of ether oxygens (including phenoxy) is 1. The van der Waals surface area contributed by atoms with E-state index in [1.54, 1.807) is 14.0 Å². The average Bonchev–Trinajstić information content (AvgIpc) is 2.38. The number of carbonyl (C=O) groups is 1. The minimum absolute atomic E-state index is 0.0359. The van der Waals surface area contributed by atoms with Crippen molar-refractivity contribution in [1.29, 1.82) is 0 Å². The lowest BCUT2D eigenvalue weighted by Crippen LogP contribution is -2.38. The van der Waals surface area contributed by atoms with Crippen molar-refractivity contribution in [3.8, 4) is 0 Å². The Morgan fingerprint density at radius 1 is 1.25 bits per heavy atom. The first-order valence-electron chi connectivity index (χ1n) is 6.93. The monoisotopic (exact) mass is 278 g/mol. The fourth-order valence-corrected chi connectivity index (χ4v) is 2.73. The molecule has 1 aromatic heterocycles. The van der Waals surface area contributed by atoms with Crippen LogP contribution in [0.2, 0.25) is 0 Å². The number of carboxylic acids is 1. The van der Waals surface area contributed by atoms with Crippen LogP contribution >= 0.6 is 0 Å². The molecule has 0 amide bonds. The van der Waals surface area contributed by atoms with Gasteiger partial charge in [0.25, 0.3) is 0 Å². The number of aromatic nitrogens is 2. The van der Waals surface area contributed by atoms with Crippen molar-refractivity contribution >= 4 is 5.97 Å². The Morgan fingerprint density at radius 3 is 2.35 bits per heavy atom. The van der Waals surface area contributed by atoms with Gasteiger partial charge in [-0.1, -0.05) is 13.8 Å². The number of aromatic carboxylic acids is 1. The summed E-state index contributed by atoms with van der Waals surface area (Å²) in [5.41, 5.74) is 0.440. The summed E-state index contributed by atoms with van der Waals surface area (Å²) in [5, 5.41) is 9.14. The van der Waals surface area contributed by atoms with E-state index in [2.05, 4.69) is 23.8 Å². The van der Waals surface area contributed by atoms with E-state index < -0.39 is 11.6 Å². The Morgan fingerprint density at radius 2 is 1.85 bits per heavy atom. The summed E-state index contributed by atoms with van der Waals surface area (Å²) in [7, 11) is 1.66. The second-order valence-electron chi connectivity index (χ2n) is 6.39. The van der Waals surface area contributed by atoms with E-state index in [-0.39, 0.29) is 5.69 Å². The maximum atomic E-state index is 11.2. The summed E-state index contributed by atoms with van der Waals surface area (Å²) in [6.07, 6.45) is 3.67. The van der Waals surface area contributed by atoms with Crippen molar-refractivity contribution in [3.63, 3.8) is 0 Å². The Hall–Kier alpha value is -1.49. The Labute approximate surface area is 119 Å². The van der Waals surface area contributed by atoms with Crippen molar-refractivity contribution in [2.45, 2.75) is 52.1 Å². The van der Waals surface area contributed by atoms with Gasteiger partial charge in [0.05, 0.1) is 0 Å². The van der Waals surface area contributed by atoms with E-state index in [1.807, 2.05) is 0 Å². The van der Waals surface area contributed by atoms with Gasteiger partial charge in [-0.3, -0.25) is 0 Å². The normalized spacial score (nSPS) is 20.6. The summed E-state index contributed by atoms with van der Waals surface area (Å²) in [5.74, 6) is -0.521. The minimum Gasteiger partial charge on any atom is -0.477 e. The van der Waals surface area contributed by atoms with Crippen LogP contribution in [0, 0.1) is 12.3 Å². The van der Waals surface area contributed by atoms with Crippen LogP contribution in [0.3, 0.4) is 0 Å². The zero-order valence-corrected chi connectivity index (χ0v) is 12.6. The summed E-state index contributed by atoms with van der Waals surface area (Å²) < 4.78 is 5.73. The fourth-order valence-electron chi connectivity index (χ4n) is 2.73. The Balaban J connectivity index is 2.40. The molecule has 5 nitrogen and oxygen atoms in total. The first kappa shape index (κ1) is 14.9. The summed E-state index contributed by atoms with van der Waals surface area (Å²) >= 11 is 0. The van der Waals surface area contributed by atoms with E-state index >= 15 is 0 Å². The molecule has 1 saturated carbocycles. The van der Waals surface area contributed by atoms with Gasteiger partial charge in [-0.2, -0.15) is 0 Å². The van der Waals surface area contributed by atoms with Crippen molar-refractivity contribution in [2.24, 2.45) is 5.41 Å². The van der Waals surface area contributed by atoms with Crippen molar-refractivity contribution in [2.75, 3.05) is 7.11 Å². The highest BCUT2D eigenvalue weighted by molar-refractivity contribution is 5.85. The zero-order chi connectivity index (χ0) is 15.0. The molecule has 0 unspecified atom stereocenters. The number of nitrogens with zero attached hydrogens (tertiary/aromatic N) is 2. The molecule has 0 atom stereocenters. The van der Waals surface area contributed by atoms with E-state index in [1.165, 1.54) is 6.07 Å². The quantitative estimate of drug-likeness (QED) is 0.920. The van der Waals surface area contributed by atoms with Crippen molar-refractivity contribution in [1.82, 2.24) is 9.97 Å². The lowest BCUT2D eigenvalue weighted by molar-refractivity contribution is -0.0731. The van der Waals surface area contributed by atoms with Crippen LogP contribution in [0.1, 0.15) is 61.5 Å². The zero-order valence-electron chi connectivity index (χ0n) is 12.6. The first-order chi connectivity index (χ1) is 9.28. The van der Waals surface area contributed by atoms with Crippen LogP contribution in [0.15, 0.2) is 6.07 Å². The molecule has 0 saturated heterocycles. The molecule has 1 aromatic rings. The van der Waals surface area contributed by atoms with Gasteiger partial charge in [-0.25, -0.2) is 14.8 Å². The van der Waals surface area contributed by atoms with Gasteiger partial charge in [0.1, 0.15) is 5.60 Å². The van der Waals surface area contributed by atoms with Gasteiger partial charge < -0.3 is 9.84 Å². The standard InChI is InChI=1S/C15H22N2O3/c1-10-9-11(12(18)19)17-13(16-10)15(20-4)7-5-14(2,3)6-8-15/h9H,5-8H2,1-4H3,(H,18,19). The predicted octanol–water partition coefficient (Wildman–Crippen LogP) is 2.93. The van der Waals surface area contributed by atoms with E-state index in [0.29, 0.717) is 16.9 Å². The van der Waals surface area contributed by atoms with Gasteiger partial charge in [0.15, 0.2) is 11.5 Å². The number of hydrogen-bond donors (Lipinski definition) is 1. The molecule has 0 spiro atoms. The van der Waals surface area contributed by atoms with E-state index in [4.69, 9.17) is 9.84 Å². The molecule has 1 aliphatic rings. The third kappa shape index (κ3) is 2.82. The number of rotatable bonds is 3. The lowest BCUT2D eigenvalue weighted by Gasteiger charge is -2.41. The number of aryl methyl sites for hydroxylation is 1. The summed E-state index contributed by atoms with van der Waals surface area (Å²) in [6, 6.07) is 1.49. The largest absolute Gasteiger partial charge is 0.477 e. The summed E-state index contributed by atoms with van der Waals surface area (Å²) in [4.78, 5) is 19.8. The first-order valence-corrected chi connectivity index (χ1v) is 6.93. The Bertz CT molecular complexity index is 516. The molecule has 1 aliphatic carbocycles. The van der Waals surface area contributed by atoms with Gasteiger partial charge in [-0.15, -0.1) is 0 Å². The van der Waals surface area contributed by atoms with Gasteiger partial charge in [0.2, 0.25) is 0 Å². The van der Waals surface area contributed by atoms with E-state index in [0.717, 1.165) is 25.7 Å². The van der Waals surface area contributed by atoms with Crippen LogP contribution in [0.4, 0.5) is 0 Å². The predicted molar refractivity (Wildman–Crippen MR) is 74.7 cm³/mol. The second-order valence-corrected chi connectivity index (χ2v) is 6.39. The van der Waals surface area contributed by atoms with Crippen LogP contribution in [-0.4, -0.2) is 28.2 Å². The smallest absolute Gasteiger partial charge is 0.354 e. The molecule has 110 valence electrons. The van der Waals surface area contributed by atoms with Crippen LogP contribution in [-0.2, 0) is 10.3 Å². The SMILES string of the molecule is COC1(c2nc(C)cc(C(=O)O)n2)CCC(C)(C)CC1. The molecule has 1 heterocycles. The molecular weight excluding hydrogens is 256 g/mol. The van der Waals surface area contributed by atoms with Crippen LogP contribution in [0.25, 0.3) is 0 Å². The molecule has 1 fully saturated rings. The number of methoxy groups -OCH3 is 1. The molecule has 0 bridgehead atoms. The molecule has 1 N–H and O–H groups in total. The topological polar surface area (TPSA) is 72.3 Å². The molecule has 0 aromatic carbocycles. The number of hydrogen-bond acceptors (Lipinski definition) is 4. The molecule has 5 heteroatoms. The van der Waals surface area contributed by atoms with Crippen molar-refractivity contribution < 1.29 is 14.6 Å². The maximum absolute atomic E-state index is 11.2. The second kappa shape index (κ2) is 5.13. The highest BCUT2D eigenvalue weighted by atomic mass is 16.5. The minimum atomic E-state index is -1.03. The van der Waals surface area contributed by atoms with E-state index in [9.17, 15) is 4.79 Å². The molecule has 2 rings (SSSR count). The highest BCUT2D eigenvalue weighted by Gasteiger charge is 2.42. The lowest BCUT2D eigenvalue weighted by atomic mass is 9.70. The van der Waals surface area contributed by atoms with Crippen LogP contribution < -0.4 is 0 Å². The van der Waals surface area contributed by atoms with Gasteiger partial charge >= 0.3 is 5.97 Å². The fraction of sp³-hybridized carbons (Fsp3) is 0.667. The third-order valence-corrected chi connectivity index (χ3v) is 4.28. The third-order valence-electron chi connectivity index (χ3n) is 4.28. The maximum Gasteiger partial charge on any atom is 0.354 e. The van der Waals surface area contributed by atoms with Gasteiger partial charge in [0, 0.05) is 12.8 Å². The number of carboxylic acid groups (broad SMARTS) is 1. The summed E-state index contributed by atoms with van der Waals surface area (Å²) in [6.45, 7) is 6.27. The van der Waals surface area contributed by atoms with Gasteiger partial charge in [-0.05, 0) is 44.1 Å². The highest BCUT2D eigenvalue weighted by Crippen LogP contribution is 2.46. The average molecular weight is 278 g/mol. The van der Waals surface area contributed by atoms with Crippen molar-refractivity contribution in [3.05, 3.63) is 23.3 Å². The molecular formula is C15H22N2O3. The Kier molecular flexibility index (Phi) is 3.82. The molecule has 0 radical (unpaired) electrons. The van der Waals surface area contributed by atoms with Crippen LogP contribution in [0.5, 0.6) is 0 Å². The molecule has 20 heavy (non-hydrogen) atoms. The molecule has 0 aliphatic heterocycles.